The van der Waals surface area contributed by atoms with Crippen LogP contribution in [0.5, 0.6) is 16.7 Å². The monoisotopic (exact) mass is 466 g/mol. The number of benzene rings is 1. The van der Waals surface area contributed by atoms with E-state index in [-0.39, 0.29) is 18.6 Å². The van der Waals surface area contributed by atoms with Crippen molar-refractivity contribution < 1.29 is 23.7 Å². The maximum absolute atomic E-state index is 11.8. The van der Waals surface area contributed by atoms with Gasteiger partial charge in [0.15, 0.2) is 0 Å². The number of hydrogen-bond acceptors (Lipinski definition) is 7. The molecule has 7 nitrogen and oxygen atoms in total. The Kier molecular flexibility index (Phi) is 9.14. The molecular formula is C22H27ClN2O5S. The minimum atomic E-state index is -0.180. The summed E-state index contributed by atoms with van der Waals surface area (Å²) in [4.78, 5) is 17.0. The van der Waals surface area contributed by atoms with Gasteiger partial charge in [0.05, 0.1) is 29.7 Å². The fourth-order valence-corrected chi connectivity index (χ4v) is 3.43. The largest absolute Gasteiger partial charge is 0.493 e. The highest BCUT2D eigenvalue weighted by Gasteiger charge is 2.22. The van der Waals surface area contributed by atoms with Gasteiger partial charge >= 0.3 is 0 Å². The molecule has 1 fully saturated rings. The molecule has 1 aromatic carbocycles. The van der Waals surface area contributed by atoms with E-state index in [1.807, 2.05) is 25.1 Å². The van der Waals surface area contributed by atoms with Crippen molar-refractivity contribution >= 4 is 34.9 Å². The van der Waals surface area contributed by atoms with Crippen LogP contribution in [0.25, 0.3) is 6.08 Å². The topological polar surface area (TPSA) is 78.9 Å². The van der Waals surface area contributed by atoms with Crippen LogP contribution in [0.2, 0.25) is 5.02 Å². The van der Waals surface area contributed by atoms with Crippen LogP contribution in [0.15, 0.2) is 30.5 Å². The summed E-state index contributed by atoms with van der Waals surface area (Å²) >= 11 is 7.70. The Balaban J connectivity index is 1.45. The third-order valence-corrected chi connectivity index (χ3v) is 5.52. The maximum Gasteiger partial charge on any atom is 0.279 e. The number of ether oxygens (including phenoxy) is 4. The predicted octanol–water partition coefficient (Wildman–Crippen LogP) is 4.56. The van der Waals surface area contributed by atoms with Crippen molar-refractivity contribution in [3.8, 4) is 16.7 Å². The summed E-state index contributed by atoms with van der Waals surface area (Å²) in [7, 11) is 1.59. The quantitative estimate of drug-likeness (QED) is 0.436. The molecular weight excluding hydrogens is 440 g/mol. The summed E-state index contributed by atoms with van der Waals surface area (Å²) in [6.45, 7) is 3.47. The average molecular weight is 467 g/mol. The van der Waals surface area contributed by atoms with E-state index >= 15 is 0 Å². The van der Waals surface area contributed by atoms with E-state index in [0.29, 0.717) is 35.1 Å². The predicted molar refractivity (Wildman–Crippen MR) is 121 cm³/mol. The zero-order valence-electron chi connectivity index (χ0n) is 17.6. The summed E-state index contributed by atoms with van der Waals surface area (Å²) in [6.07, 6.45) is 7.95. The number of amides is 1. The van der Waals surface area contributed by atoms with Gasteiger partial charge in [-0.1, -0.05) is 29.0 Å². The lowest BCUT2D eigenvalue weighted by Crippen LogP contribution is -2.34. The molecule has 1 saturated carbocycles. The molecule has 1 N–H and O–H groups in total. The van der Waals surface area contributed by atoms with Crippen molar-refractivity contribution in [3.05, 3.63) is 40.4 Å². The minimum absolute atomic E-state index is 0.00521. The van der Waals surface area contributed by atoms with Crippen molar-refractivity contribution in [1.82, 2.24) is 10.3 Å². The van der Waals surface area contributed by atoms with Gasteiger partial charge in [-0.3, -0.25) is 4.79 Å². The van der Waals surface area contributed by atoms with Gasteiger partial charge in [0.2, 0.25) is 5.91 Å². The molecule has 0 saturated heterocycles. The van der Waals surface area contributed by atoms with E-state index < -0.39 is 0 Å². The molecule has 0 unspecified atom stereocenters. The summed E-state index contributed by atoms with van der Waals surface area (Å²) in [5, 5.41) is 3.80. The zero-order valence-corrected chi connectivity index (χ0v) is 19.2. The Morgan fingerprint density at radius 2 is 2.23 bits per heavy atom. The van der Waals surface area contributed by atoms with Gasteiger partial charge in [-0.15, -0.1) is 0 Å². The number of nitrogens with one attached hydrogen (secondary N) is 1. The molecule has 168 valence electrons. The number of nitrogens with zero attached hydrogens (tertiary/aromatic N) is 1. The first kappa shape index (κ1) is 23.5. The molecule has 1 heterocycles. The van der Waals surface area contributed by atoms with Gasteiger partial charge in [0, 0.05) is 25.4 Å². The Labute approximate surface area is 191 Å². The van der Waals surface area contributed by atoms with E-state index in [2.05, 4.69) is 10.3 Å². The smallest absolute Gasteiger partial charge is 0.279 e. The second-order valence-electron chi connectivity index (χ2n) is 7.24. The number of thiazole rings is 1. The number of aromatic nitrogens is 1. The van der Waals surface area contributed by atoms with Crippen LogP contribution in [0.3, 0.4) is 0 Å². The van der Waals surface area contributed by atoms with Crippen LogP contribution in [0.1, 0.15) is 24.6 Å². The summed E-state index contributed by atoms with van der Waals surface area (Å²) in [6, 6.07) is 5.24. The molecule has 1 amide bonds. The molecule has 0 spiro atoms. The van der Waals surface area contributed by atoms with Crippen molar-refractivity contribution in [2.45, 2.75) is 25.8 Å². The number of carbonyl (C=O) groups is 1. The van der Waals surface area contributed by atoms with E-state index in [1.54, 1.807) is 25.4 Å². The first-order chi connectivity index (χ1) is 15.0. The number of methoxy groups -OCH3 is 1. The van der Waals surface area contributed by atoms with Crippen LogP contribution in [0, 0.1) is 5.92 Å². The maximum atomic E-state index is 11.8. The van der Waals surface area contributed by atoms with Crippen molar-refractivity contribution in [1.29, 1.82) is 0 Å². The van der Waals surface area contributed by atoms with Gasteiger partial charge in [-0.2, -0.15) is 0 Å². The first-order valence-electron chi connectivity index (χ1n) is 10.1. The highest BCUT2D eigenvalue weighted by Crippen LogP contribution is 2.35. The highest BCUT2D eigenvalue weighted by atomic mass is 35.5. The summed E-state index contributed by atoms with van der Waals surface area (Å²) in [5.74, 6) is 1.77. The lowest BCUT2D eigenvalue weighted by Gasteiger charge is -2.09. The fraction of sp³-hybridized carbons (Fsp3) is 0.455. The minimum Gasteiger partial charge on any atom is -0.493 e. The molecule has 0 radical (unpaired) electrons. The number of hydrogen-bond donors (Lipinski definition) is 1. The average Bonchev–Trinajstić information content (AvgIpc) is 3.47. The lowest BCUT2D eigenvalue weighted by atomic mass is 10.3. The molecule has 9 heteroatoms. The van der Waals surface area contributed by atoms with Crippen LogP contribution in [-0.4, -0.2) is 50.5 Å². The van der Waals surface area contributed by atoms with Gasteiger partial charge < -0.3 is 24.3 Å². The Morgan fingerprint density at radius 1 is 1.39 bits per heavy atom. The molecule has 1 atom stereocenters. The first-order valence-corrected chi connectivity index (χ1v) is 11.3. The van der Waals surface area contributed by atoms with Crippen LogP contribution < -0.4 is 14.8 Å². The molecule has 2 aromatic rings. The Hall–Kier alpha value is -2.13. The van der Waals surface area contributed by atoms with Crippen molar-refractivity contribution in [2.24, 2.45) is 5.92 Å². The molecule has 0 aliphatic heterocycles. The number of rotatable bonds is 13. The van der Waals surface area contributed by atoms with Crippen molar-refractivity contribution in [3.63, 3.8) is 0 Å². The SMILES string of the molecule is COCCOCC(=O)N[C@@H](C)/C=C/c1cnc(Oc2ccc(OCC3CC3)cc2Cl)s1. The summed E-state index contributed by atoms with van der Waals surface area (Å²) < 4.78 is 21.6. The standard InChI is InChI=1S/C22H27ClN2O5S/c1-15(25-21(26)14-28-10-9-27-2)3-7-18-12-24-22(31-18)30-20-8-6-17(11-19(20)23)29-13-16-4-5-16/h3,6-8,11-12,15-16H,4-5,9-10,13-14H2,1-2H3,(H,25,26)/b7-3+/t15-/m0/s1. The van der Waals surface area contributed by atoms with Crippen LogP contribution in [0.4, 0.5) is 0 Å². The molecule has 0 bridgehead atoms. The second-order valence-corrected chi connectivity index (χ2v) is 8.67. The molecule has 3 rings (SSSR count). The molecule has 1 aliphatic carbocycles. The fourth-order valence-electron chi connectivity index (χ4n) is 2.53. The zero-order chi connectivity index (χ0) is 22.1. The second kappa shape index (κ2) is 12.0. The molecule has 31 heavy (non-hydrogen) atoms. The van der Waals surface area contributed by atoms with E-state index in [0.717, 1.165) is 17.2 Å². The van der Waals surface area contributed by atoms with Gasteiger partial charge in [-0.05, 0) is 43.9 Å². The summed E-state index contributed by atoms with van der Waals surface area (Å²) in [5.41, 5.74) is 0. The van der Waals surface area contributed by atoms with E-state index in [9.17, 15) is 4.79 Å². The van der Waals surface area contributed by atoms with Gasteiger partial charge in [-0.25, -0.2) is 4.98 Å². The third kappa shape index (κ3) is 8.49. The lowest BCUT2D eigenvalue weighted by molar-refractivity contribution is -0.126. The van der Waals surface area contributed by atoms with Gasteiger partial charge in [0.1, 0.15) is 18.1 Å². The van der Waals surface area contributed by atoms with E-state index in [4.69, 9.17) is 30.5 Å². The number of carbonyl (C=O) groups excluding carboxylic acids is 1. The van der Waals surface area contributed by atoms with Gasteiger partial charge in [0.25, 0.3) is 5.19 Å². The van der Waals surface area contributed by atoms with E-state index in [1.165, 1.54) is 24.2 Å². The normalized spacial score (nSPS) is 14.5. The highest BCUT2D eigenvalue weighted by molar-refractivity contribution is 7.14. The molecule has 1 aromatic heterocycles. The third-order valence-electron chi connectivity index (χ3n) is 4.39. The van der Waals surface area contributed by atoms with Crippen molar-refractivity contribution in [2.75, 3.05) is 33.5 Å². The number of halogens is 1. The molecule has 1 aliphatic rings. The van der Waals surface area contributed by atoms with Crippen LogP contribution in [-0.2, 0) is 14.3 Å². The Morgan fingerprint density at radius 3 is 2.97 bits per heavy atom. The Bertz CT molecular complexity index is 885. The van der Waals surface area contributed by atoms with Crippen LogP contribution >= 0.6 is 22.9 Å².